The van der Waals surface area contributed by atoms with E-state index in [1.54, 1.807) is 0 Å². The van der Waals surface area contributed by atoms with E-state index in [1.165, 1.54) is 16.3 Å². The Morgan fingerprint density at radius 3 is 2.67 bits per heavy atom. The van der Waals surface area contributed by atoms with Gasteiger partial charge in [0, 0.05) is 16.8 Å². The minimum Gasteiger partial charge on any atom is -0.298 e. The molecule has 0 spiro atoms. The highest BCUT2D eigenvalue weighted by Gasteiger charge is 1.60. The molecule has 0 fully saturated rings. The molecule has 1 nitrogen and oxygen atoms in total. The Labute approximate surface area is 41.9 Å². The van der Waals surface area contributed by atoms with Gasteiger partial charge in [0.15, 0.2) is 0 Å². The molecular formula is C4H11NSi. The van der Waals surface area contributed by atoms with Crippen molar-refractivity contribution >= 4 is 16.5 Å². The molecule has 6 heavy (non-hydrogen) atoms. The second-order valence-corrected chi connectivity index (χ2v) is 1.91. The lowest BCUT2D eigenvalue weighted by molar-refractivity contribution is 1.14. The summed E-state index contributed by atoms with van der Waals surface area (Å²) in [5.74, 6) is 0. The fourth-order valence-electron chi connectivity index (χ4n) is 0.258. The van der Waals surface area contributed by atoms with Crippen molar-refractivity contribution in [2.24, 2.45) is 4.99 Å². The van der Waals surface area contributed by atoms with Gasteiger partial charge in [-0.25, -0.2) is 0 Å². The van der Waals surface area contributed by atoms with Crippen LogP contribution in [0.15, 0.2) is 4.99 Å². The first-order valence-corrected chi connectivity index (χ1v) is 3.81. The normalized spacial score (nSPS) is 10.8. The van der Waals surface area contributed by atoms with Crippen LogP contribution in [0.1, 0.15) is 6.92 Å². The first-order valence-electron chi connectivity index (χ1n) is 2.40. The molecule has 0 N–H and O–H groups in total. The number of nitrogens with zero attached hydrogens (tertiary/aromatic N) is 1. The van der Waals surface area contributed by atoms with Gasteiger partial charge in [0.2, 0.25) is 0 Å². The molecule has 0 amide bonds. The van der Waals surface area contributed by atoms with Gasteiger partial charge >= 0.3 is 0 Å². The summed E-state index contributed by atoms with van der Waals surface area (Å²) in [4.78, 5) is 4.00. The standard InChI is InChI=1S/C4H11NSi/c1-2-5-3-4-6/h3H,2,4H2,1,6H3. The lowest BCUT2D eigenvalue weighted by atomic mass is 10.7. The minimum atomic E-state index is 0.947. The smallest absolute Gasteiger partial charge is 0.0356 e. The van der Waals surface area contributed by atoms with Gasteiger partial charge in [0.05, 0.1) is 0 Å². The Hall–Kier alpha value is -0.113. The van der Waals surface area contributed by atoms with Crippen molar-refractivity contribution < 1.29 is 0 Å². The number of aliphatic imine (C=N–C) groups is 1. The van der Waals surface area contributed by atoms with Crippen LogP contribution >= 0.6 is 0 Å². The molecule has 0 aliphatic carbocycles. The van der Waals surface area contributed by atoms with Crippen molar-refractivity contribution in [1.29, 1.82) is 0 Å². The summed E-state index contributed by atoms with van der Waals surface area (Å²) in [5.41, 5.74) is 0. The van der Waals surface area contributed by atoms with Crippen LogP contribution in [-0.2, 0) is 0 Å². The monoisotopic (exact) mass is 101 g/mol. The van der Waals surface area contributed by atoms with E-state index in [2.05, 4.69) is 4.99 Å². The van der Waals surface area contributed by atoms with Crippen LogP contribution in [-0.4, -0.2) is 23.0 Å². The summed E-state index contributed by atoms with van der Waals surface area (Å²) in [6.45, 7) is 3.00. The molecule has 0 aromatic rings. The van der Waals surface area contributed by atoms with E-state index in [-0.39, 0.29) is 0 Å². The van der Waals surface area contributed by atoms with E-state index in [0.29, 0.717) is 0 Å². The average Bonchev–Trinajstić information content (AvgIpc) is 1.61. The molecular weight excluding hydrogens is 90.1 g/mol. The van der Waals surface area contributed by atoms with Gasteiger partial charge in [-0.15, -0.1) is 0 Å². The molecule has 2 heteroatoms. The van der Waals surface area contributed by atoms with Crippen LogP contribution in [0.3, 0.4) is 0 Å². The van der Waals surface area contributed by atoms with Gasteiger partial charge in [0.1, 0.15) is 0 Å². The SMILES string of the molecule is CCN=CC[SiH3]. The predicted molar refractivity (Wildman–Crippen MR) is 33.8 cm³/mol. The third kappa shape index (κ3) is 3.89. The number of rotatable bonds is 2. The van der Waals surface area contributed by atoms with Crippen molar-refractivity contribution in [3.8, 4) is 0 Å². The third-order valence-corrected chi connectivity index (χ3v) is 0.859. The average molecular weight is 101 g/mol. The maximum absolute atomic E-state index is 4.00. The molecule has 0 saturated carbocycles. The molecule has 0 saturated heterocycles. The highest BCUT2D eigenvalue weighted by molar-refractivity contribution is 6.16. The number of hydrogen-bond acceptors (Lipinski definition) is 1. The van der Waals surface area contributed by atoms with E-state index in [4.69, 9.17) is 0 Å². The zero-order valence-corrected chi connectivity index (χ0v) is 6.44. The van der Waals surface area contributed by atoms with E-state index in [1.807, 2.05) is 13.1 Å². The summed E-state index contributed by atoms with van der Waals surface area (Å²) in [6, 6.07) is 1.20. The van der Waals surface area contributed by atoms with Gasteiger partial charge in [-0.05, 0) is 19.2 Å². The summed E-state index contributed by atoms with van der Waals surface area (Å²) in [5, 5.41) is 0. The van der Waals surface area contributed by atoms with Crippen molar-refractivity contribution in [2.75, 3.05) is 6.54 Å². The maximum atomic E-state index is 4.00. The zero-order chi connectivity index (χ0) is 4.83. The third-order valence-electron chi connectivity index (χ3n) is 0.494. The van der Waals surface area contributed by atoms with Crippen molar-refractivity contribution in [3.63, 3.8) is 0 Å². The molecule has 0 aromatic heterocycles. The second kappa shape index (κ2) is 4.89. The van der Waals surface area contributed by atoms with Gasteiger partial charge in [0.25, 0.3) is 0 Å². The molecule has 0 unspecified atom stereocenters. The quantitative estimate of drug-likeness (QED) is 0.339. The Balaban J connectivity index is 2.73. The van der Waals surface area contributed by atoms with Gasteiger partial charge in [-0.3, -0.25) is 4.99 Å². The second-order valence-electron chi connectivity index (χ2n) is 1.09. The Morgan fingerprint density at radius 1 is 1.83 bits per heavy atom. The zero-order valence-electron chi connectivity index (χ0n) is 4.44. The molecule has 0 atom stereocenters. The summed E-state index contributed by atoms with van der Waals surface area (Å²) in [6.07, 6.45) is 1.99. The summed E-state index contributed by atoms with van der Waals surface area (Å²) in [7, 11) is 1.25. The molecule has 0 aliphatic rings. The lowest BCUT2D eigenvalue weighted by Gasteiger charge is -1.74. The van der Waals surface area contributed by atoms with Gasteiger partial charge in [-0.1, -0.05) is 0 Å². The Kier molecular flexibility index (Phi) is 4.79. The Bertz CT molecular complexity index is 36.8. The van der Waals surface area contributed by atoms with E-state index < -0.39 is 0 Å². The molecule has 0 aliphatic heterocycles. The summed E-state index contributed by atoms with van der Waals surface area (Å²) >= 11 is 0. The van der Waals surface area contributed by atoms with E-state index >= 15 is 0 Å². The van der Waals surface area contributed by atoms with E-state index in [0.717, 1.165) is 6.54 Å². The molecule has 0 bridgehead atoms. The molecule has 0 heterocycles. The van der Waals surface area contributed by atoms with Crippen LogP contribution in [0.25, 0.3) is 0 Å². The van der Waals surface area contributed by atoms with Crippen LogP contribution in [0.4, 0.5) is 0 Å². The van der Waals surface area contributed by atoms with Crippen molar-refractivity contribution in [1.82, 2.24) is 0 Å². The maximum Gasteiger partial charge on any atom is 0.0356 e. The first kappa shape index (κ1) is 5.89. The van der Waals surface area contributed by atoms with Crippen LogP contribution in [0, 0.1) is 0 Å². The molecule has 0 aromatic carbocycles. The molecule has 36 valence electrons. The van der Waals surface area contributed by atoms with Crippen LogP contribution in [0.2, 0.25) is 6.04 Å². The Morgan fingerprint density at radius 2 is 2.50 bits per heavy atom. The summed E-state index contributed by atoms with van der Waals surface area (Å²) < 4.78 is 0. The molecule has 0 radical (unpaired) electrons. The fraction of sp³-hybridized carbons (Fsp3) is 0.750. The predicted octanol–water partition coefficient (Wildman–Crippen LogP) is -0.139. The highest BCUT2D eigenvalue weighted by Crippen LogP contribution is 1.64. The van der Waals surface area contributed by atoms with E-state index in [9.17, 15) is 0 Å². The first-order chi connectivity index (χ1) is 2.91. The molecule has 0 rings (SSSR count). The lowest BCUT2D eigenvalue weighted by Crippen LogP contribution is -1.71. The van der Waals surface area contributed by atoms with Crippen molar-refractivity contribution in [3.05, 3.63) is 0 Å². The van der Waals surface area contributed by atoms with Crippen LogP contribution < -0.4 is 0 Å². The number of hydrogen-bond donors (Lipinski definition) is 0. The minimum absolute atomic E-state index is 0.947. The largest absolute Gasteiger partial charge is 0.298 e. The van der Waals surface area contributed by atoms with Crippen molar-refractivity contribution in [2.45, 2.75) is 13.0 Å². The topological polar surface area (TPSA) is 12.4 Å². The van der Waals surface area contributed by atoms with Gasteiger partial charge < -0.3 is 0 Å². The fourth-order valence-corrected chi connectivity index (χ4v) is 0.516. The van der Waals surface area contributed by atoms with Crippen LogP contribution in [0.5, 0.6) is 0 Å². The van der Waals surface area contributed by atoms with Gasteiger partial charge in [-0.2, -0.15) is 0 Å². The highest BCUT2D eigenvalue weighted by atomic mass is 28.1.